The van der Waals surface area contributed by atoms with Crippen LogP contribution in [0.4, 0.5) is 0 Å². The molecular weight excluding hydrogens is 473 g/mol. The molecule has 1 saturated heterocycles. The van der Waals surface area contributed by atoms with Crippen molar-refractivity contribution in [1.82, 2.24) is 33.6 Å². The highest BCUT2D eigenvalue weighted by Crippen LogP contribution is 2.08. The van der Waals surface area contributed by atoms with Crippen LogP contribution in [0.25, 0.3) is 18.6 Å². The summed E-state index contributed by atoms with van der Waals surface area (Å²) in [5, 5.41) is 0. The molecular formula is C21H30Cl3N7O. The average Bonchev–Trinajstić information content (AvgIpc) is 3.57. The Labute approximate surface area is 207 Å². The van der Waals surface area contributed by atoms with E-state index in [9.17, 15) is 4.79 Å². The molecule has 0 N–H and O–H groups in total. The molecule has 1 fully saturated rings. The number of hydrogen-bond acceptors (Lipinski definition) is 4. The van der Waals surface area contributed by atoms with Crippen LogP contribution in [0.5, 0.6) is 0 Å². The lowest BCUT2D eigenvalue weighted by atomic mass is 10.4. The number of rotatable bonds is 4. The van der Waals surface area contributed by atoms with E-state index in [1.54, 1.807) is 81.0 Å². The molecule has 3 aromatic rings. The van der Waals surface area contributed by atoms with E-state index in [0.717, 1.165) is 13.0 Å². The molecule has 0 aliphatic carbocycles. The van der Waals surface area contributed by atoms with E-state index in [1.165, 1.54) is 0 Å². The fraction of sp³-hybridized carbons (Fsp3) is 0.143. The SMILES string of the molecule is C=CN1CCCC1=O.C=Cn1ccnc1.C=Cn1ccnc1.C=Cn1ccnc1.Cl.Cl.Cl. The molecule has 1 aliphatic heterocycles. The van der Waals surface area contributed by atoms with Gasteiger partial charge in [-0.25, -0.2) is 15.0 Å². The average molecular weight is 503 g/mol. The van der Waals surface area contributed by atoms with Gasteiger partial charge >= 0.3 is 0 Å². The van der Waals surface area contributed by atoms with Gasteiger partial charge < -0.3 is 18.6 Å². The number of aromatic nitrogens is 6. The Hall–Kier alpha value is -3.07. The maximum atomic E-state index is 10.7. The van der Waals surface area contributed by atoms with Gasteiger partial charge in [0.25, 0.3) is 0 Å². The number of imidazole rings is 3. The molecule has 8 nitrogen and oxygen atoms in total. The minimum Gasteiger partial charge on any atom is -0.320 e. The van der Waals surface area contributed by atoms with Crippen LogP contribution in [0.1, 0.15) is 12.8 Å². The van der Waals surface area contributed by atoms with Gasteiger partial charge in [0.05, 0.1) is 19.0 Å². The number of likely N-dealkylation sites (tertiary alicyclic amines) is 1. The summed E-state index contributed by atoms with van der Waals surface area (Å²) < 4.78 is 5.33. The Morgan fingerprint density at radius 3 is 1.19 bits per heavy atom. The molecule has 0 aromatic carbocycles. The Bertz CT molecular complexity index is 757. The predicted octanol–water partition coefficient (Wildman–Crippen LogP) is 4.97. The summed E-state index contributed by atoms with van der Waals surface area (Å²) in [6.07, 6.45) is 24.0. The zero-order valence-corrected chi connectivity index (χ0v) is 20.2. The third-order valence-electron chi connectivity index (χ3n) is 3.54. The standard InChI is InChI=1S/C6H9NO.3C5H6N2.3ClH/c1-2-7-5-3-4-6(7)8;3*1-2-7-4-3-6-5-7;;;/h2H,1,3-5H2;3*2-5H,1H2;3*1H. The second-order valence-electron chi connectivity index (χ2n) is 5.45. The topological polar surface area (TPSA) is 73.8 Å². The summed E-state index contributed by atoms with van der Waals surface area (Å²) in [6.45, 7) is 14.9. The lowest BCUT2D eigenvalue weighted by molar-refractivity contribution is -0.125. The van der Waals surface area contributed by atoms with Crippen LogP contribution >= 0.6 is 37.2 Å². The molecule has 176 valence electrons. The highest BCUT2D eigenvalue weighted by Gasteiger charge is 2.15. The van der Waals surface area contributed by atoms with Gasteiger partial charge in [-0.2, -0.15) is 0 Å². The van der Waals surface area contributed by atoms with Gasteiger partial charge in [0.2, 0.25) is 5.91 Å². The first-order chi connectivity index (χ1) is 14.1. The molecule has 11 heteroatoms. The van der Waals surface area contributed by atoms with Crippen molar-refractivity contribution in [2.45, 2.75) is 12.8 Å². The fourth-order valence-electron chi connectivity index (χ4n) is 1.99. The van der Waals surface area contributed by atoms with Crippen molar-refractivity contribution in [2.24, 2.45) is 0 Å². The van der Waals surface area contributed by atoms with E-state index in [1.807, 2.05) is 18.6 Å². The van der Waals surface area contributed by atoms with Crippen molar-refractivity contribution in [3.63, 3.8) is 0 Å². The van der Waals surface area contributed by atoms with E-state index in [0.29, 0.717) is 6.42 Å². The van der Waals surface area contributed by atoms with Crippen molar-refractivity contribution in [3.05, 3.63) is 88.7 Å². The van der Waals surface area contributed by atoms with Crippen LogP contribution in [0.3, 0.4) is 0 Å². The number of nitrogens with zero attached hydrogens (tertiary/aromatic N) is 7. The number of amides is 1. The lowest BCUT2D eigenvalue weighted by Gasteiger charge is -2.05. The molecule has 1 aliphatic rings. The molecule has 4 heterocycles. The van der Waals surface area contributed by atoms with Crippen molar-refractivity contribution in [1.29, 1.82) is 0 Å². The first kappa shape index (κ1) is 33.6. The number of hydrogen-bond donors (Lipinski definition) is 0. The summed E-state index contributed by atoms with van der Waals surface area (Å²) >= 11 is 0. The smallest absolute Gasteiger partial charge is 0.226 e. The minimum absolute atomic E-state index is 0. The Morgan fingerprint density at radius 2 is 1.06 bits per heavy atom. The third kappa shape index (κ3) is 14.0. The number of halogens is 3. The molecule has 0 atom stereocenters. The summed E-state index contributed by atoms with van der Waals surface area (Å²) in [6, 6.07) is 0. The maximum Gasteiger partial charge on any atom is 0.226 e. The monoisotopic (exact) mass is 501 g/mol. The highest BCUT2D eigenvalue weighted by molar-refractivity contribution is 5.86. The van der Waals surface area contributed by atoms with E-state index in [2.05, 4.69) is 41.3 Å². The van der Waals surface area contributed by atoms with Crippen molar-refractivity contribution in [2.75, 3.05) is 6.54 Å². The number of carbonyl (C=O) groups is 1. The molecule has 3 aromatic heterocycles. The van der Waals surface area contributed by atoms with Gasteiger partial charge in [-0.15, -0.1) is 37.2 Å². The highest BCUT2D eigenvalue weighted by atomic mass is 35.5. The molecule has 0 spiro atoms. The van der Waals surface area contributed by atoms with Crippen LogP contribution in [-0.2, 0) is 4.79 Å². The summed E-state index contributed by atoms with van der Waals surface area (Å²) in [4.78, 5) is 23.7. The molecule has 1 amide bonds. The van der Waals surface area contributed by atoms with Crippen LogP contribution in [0.2, 0.25) is 0 Å². The predicted molar refractivity (Wildman–Crippen MR) is 139 cm³/mol. The molecule has 32 heavy (non-hydrogen) atoms. The normalized spacial score (nSPS) is 10.5. The van der Waals surface area contributed by atoms with Crippen LogP contribution < -0.4 is 0 Å². The Kier molecular flexibility index (Phi) is 22.2. The van der Waals surface area contributed by atoms with Gasteiger partial charge in [-0.1, -0.05) is 26.3 Å². The zero-order valence-electron chi connectivity index (χ0n) is 17.7. The largest absolute Gasteiger partial charge is 0.320 e. The second-order valence-corrected chi connectivity index (χ2v) is 5.45. The zero-order chi connectivity index (χ0) is 21.3. The quantitative estimate of drug-likeness (QED) is 0.505. The van der Waals surface area contributed by atoms with Gasteiger partial charge in [-0.3, -0.25) is 4.79 Å². The molecule has 0 unspecified atom stereocenters. The van der Waals surface area contributed by atoms with Crippen LogP contribution in [0.15, 0.2) is 88.7 Å². The van der Waals surface area contributed by atoms with Gasteiger partial charge in [0.1, 0.15) is 0 Å². The van der Waals surface area contributed by atoms with Crippen LogP contribution in [-0.4, -0.2) is 46.0 Å². The minimum atomic E-state index is 0. The van der Waals surface area contributed by atoms with E-state index in [4.69, 9.17) is 0 Å². The van der Waals surface area contributed by atoms with Crippen molar-refractivity contribution in [3.8, 4) is 0 Å². The van der Waals surface area contributed by atoms with E-state index >= 15 is 0 Å². The van der Waals surface area contributed by atoms with Crippen molar-refractivity contribution < 1.29 is 4.79 Å². The number of carbonyl (C=O) groups excluding carboxylic acids is 1. The van der Waals surface area contributed by atoms with E-state index in [-0.39, 0.29) is 43.1 Å². The van der Waals surface area contributed by atoms with E-state index < -0.39 is 0 Å². The second kappa shape index (κ2) is 21.2. The van der Waals surface area contributed by atoms with Gasteiger partial charge in [0, 0.05) is 68.7 Å². The van der Waals surface area contributed by atoms with Crippen molar-refractivity contribution >= 4 is 61.7 Å². The molecule has 0 radical (unpaired) electrons. The molecule has 4 rings (SSSR count). The van der Waals surface area contributed by atoms with Gasteiger partial charge in [-0.05, 0) is 12.6 Å². The molecule has 0 saturated carbocycles. The maximum absolute atomic E-state index is 10.7. The lowest BCUT2D eigenvalue weighted by Crippen LogP contribution is -2.16. The first-order valence-corrected chi connectivity index (χ1v) is 8.86. The summed E-state index contributed by atoms with van der Waals surface area (Å²) in [7, 11) is 0. The fourth-order valence-corrected chi connectivity index (χ4v) is 1.99. The summed E-state index contributed by atoms with van der Waals surface area (Å²) in [5.41, 5.74) is 0. The van der Waals surface area contributed by atoms with Gasteiger partial charge in [0.15, 0.2) is 0 Å². The van der Waals surface area contributed by atoms with Crippen LogP contribution in [0, 0.1) is 0 Å². The Morgan fingerprint density at radius 1 is 0.688 bits per heavy atom. The third-order valence-corrected chi connectivity index (χ3v) is 3.54. The summed E-state index contributed by atoms with van der Waals surface area (Å²) in [5.74, 6) is 0.208. The molecule has 0 bridgehead atoms. The first-order valence-electron chi connectivity index (χ1n) is 8.86. The Balaban J connectivity index is -0.000000340.